The molecule has 0 amide bonds. The highest BCUT2D eigenvalue weighted by Gasteiger charge is 2.01. The van der Waals surface area contributed by atoms with Crippen LogP contribution in [0.1, 0.15) is 19.0 Å². The van der Waals surface area contributed by atoms with Gasteiger partial charge >= 0.3 is 0 Å². The number of aromatic nitrogens is 2. The van der Waals surface area contributed by atoms with Gasteiger partial charge in [-0.25, -0.2) is 4.98 Å². The quantitative estimate of drug-likeness (QED) is 0.850. The molecule has 0 saturated carbocycles. The van der Waals surface area contributed by atoms with E-state index in [1.54, 1.807) is 7.11 Å². The van der Waals surface area contributed by atoms with Gasteiger partial charge in [0.1, 0.15) is 5.75 Å². The number of imidazole rings is 1. The highest BCUT2D eigenvalue weighted by Crippen LogP contribution is 2.17. The van der Waals surface area contributed by atoms with Gasteiger partial charge in [-0.3, -0.25) is 0 Å². The largest absolute Gasteiger partial charge is 0.497 e. The first kappa shape index (κ1) is 12.5. The standard InChI is InChI=1S/C14H19N3O/c1-3-7-17-11-15-9-13(17)10-16-12-5-4-6-14(8-12)18-2/h4-6,8-9,11,16H,3,7,10H2,1-2H3. The van der Waals surface area contributed by atoms with Crippen molar-refractivity contribution in [1.29, 1.82) is 0 Å². The average Bonchev–Trinajstić information content (AvgIpc) is 2.85. The van der Waals surface area contributed by atoms with Gasteiger partial charge in [-0.2, -0.15) is 0 Å². The van der Waals surface area contributed by atoms with E-state index in [9.17, 15) is 0 Å². The van der Waals surface area contributed by atoms with Crippen molar-refractivity contribution in [3.63, 3.8) is 0 Å². The Bertz CT molecular complexity index is 493. The Kier molecular flexibility index (Phi) is 4.23. The molecule has 0 bridgehead atoms. The Morgan fingerprint density at radius 2 is 2.28 bits per heavy atom. The molecule has 4 heteroatoms. The lowest BCUT2D eigenvalue weighted by Gasteiger charge is -2.10. The first-order valence-corrected chi connectivity index (χ1v) is 6.20. The Balaban J connectivity index is 1.99. The van der Waals surface area contributed by atoms with Crippen LogP contribution in [0.15, 0.2) is 36.8 Å². The Morgan fingerprint density at radius 3 is 3.06 bits per heavy atom. The van der Waals surface area contributed by atoms with Crippen molar-refractivity contribution in [2.75, 3.05) is 12.4 Å². The average molecular weight is 245 g/mol. The number of ether oxygens (including phenoxy) is 1. The fraction of sp³-hybridized carbons (Fsp3) is 0.357. The molecule has 0 aliphatic carbocycles. The number of methoxy groups -OCH3 is 1. The van der Waals surface area contributed by atoms with Crippen molar-refractivity contribution in [1.82, 2.24) is 9.55 Å². The molecule has 0 atom stereocenters. The first-order chi connectivity index (χ1) is 8.83. The molecule has 1 heterocycles. The number of aryl methyl sites for hydroxylation is 1. The third kappa shape index (κ3) is 3.03. The van der Waals surface area contributed by atoms with Gasteiger partial charge in [0, 0.05) is 24.5 Å². The molecule has 2 rings (SSSR count). The summed E-state index contributed by atoms with van der Waals surface area (Å²) in [5.74, 6) is 0.863. The van der Waals surface area contributed by atoms with Crippen LogP contribution in [-0.2, 0) is 13.1 Å². The number of anilines is 1. The maximum absolute atomic E-state index is 5.20. The molecule has 0 radical (unpaired) electrons. The summed E-state index contributed by atoms with van der Waals surface area (Å²) in [5, 5.41) is 3.38. The van der Waals surface area contributed by atoms with E-state index in [0.717, 1.165) is 30.9 Å². The van der Waals surface area contributed by atoms with Gasteiger partial charge in [0.25, 0.3) is 0 Å². The minimum absolute atomic E-state index is 0.771. The number of rotatable bonds is 6. The zero-order valence-electron chi connectivity index (χ0n) is 10.9. The number of hydrogen-bond acceptors (Lipinski definition) is 3. The molecule has 0 unspecified atom stereocenters. The van der Waals surface area contributed by atoms with Crippen molar-refractivity contribution < 1.29 is 4.74 Å². The third-order valence-corrected chi connectivity index (χ3v) is 2.81. The maximum Gasteiger partial charge on any atom is 0.120 e. The predicted molar refractivity (Wildman–Crippen MR) is 72.8 cm³/mol. The fourth-order valence-corrected chi connectivity index (χ4v) is 1.86. The lowest BCUT2D eigenvalue weighted by molar-refractivity contribution is 0.415. The van der Waals surface area contributed by atoms with Gasteiger partial charge in [0.05, 0.1) is 25.7 Å². The van der Waals surface area contributed by atoms with Crippen LogP contribution in [0.2, 0.25) is 0 Å². The first-order valence-electron chi connectivity index (χ1n) is 6.20. The van der Waals surface area contributed by atoms with Crippen LogP contribution in [0, 0.1) is 0 Å². The van der Waals surface area contributed by atoms with E-state index in [2.05, 4.69) is 21.8 Å². The number of benzene rings is 1. The minimum Gasteiger partial charge on any atom is -0.497 e. The summed E-state index contributed by atoms with van der Waals surface area (Å²) in [6.45, 7) is 3.95. The normalized spacial score (nSPS) is 10.3. The number of nitrogens with one attached hydrogen (secondary N) is 1. The zero-order chi connectivity index (χ0) is 12.8. The summed E-state index contributed by atoms with van der Waals surface area (Å²) in [5.41, 5.74) is 2.25. The zero-order valence-corrected chi connectivity index (χ0v) is 10.9. The van der Waals surface area contributed by atoms with Crippen LogP contribution in [0.4, 0.5) is 5.69 Å². The molecule has 1 N–H and O–H groups in total. The van der Waals surface area contributed by atoms with Crippen molar-refractivity contribution in [2.24, 2.45) is 0 Å². The van der Waals surface area contributed by atoms with Gasteiger partial charge in [-0.05, 0) is 18.6 Å². The van der Waals surface area contributed by atoms with E-state index in [1.165, 1.54) is 5.69 Å². The Morgan fingerprint density at radius 1 is 1.39 bits per heavy atom. The molecule has 0 fully saturated rings. The summed E-state index contributed by atoms with van der Waals surface area (Å²) in [6, 6.07) is 7.93. The summed E-state index contributed by atoms with van der Waals surface area (Å²) in [4.78, 5) is 4.19. The Hall–Kier alpha value is -1.97. The highest BCUT2D eigenvalue weighted by atomic mass is 16.5. The molecule has 96 valence electrons. The molecule has 2 aromatic rings. The van der Waals surface area contributed by atoms with E-state index >= 15 is 0 Å². The van der Waals surface area contributed by atoms with Crippen LogP contribution < -0.4 is 10.1 Å². The Labute approximate surface area is 108 Å². The van der Waals surface area contributed by atoms with Crippen molar-refractivity contribution >= 4 is 5.69 Å². The predicted octanol–water partition coefficient (Wildman–Crippen LogP) is 2.91. The van der Waals surface area contributed by atoms with Crippen LogP contribution in [0.5, 0.6) is 5.75 Å². The van der Waals surface area contributed by atoms with Crippen molar-refractivity contribution in [3.05, 3.63) is 42.5 Å². The van der Waals surface area contributed by atoms with E-state index in [4.69, 9.17) is 4.74 Å². The molecular weight excluding hydrogens is 226 g/mol. The molecule has 18 heavy (non-hydrogen) atoms. The maximum atomic E-state index is 5.20. The monoisotopic (exact) mass is 245 g/mol. The van der Waals surface area contributed by atoms with E-state index < -0.39 is 0 Å². The van der Waals surface area contributed by atoms with Crippen molar-refractivity contribution in [2.45, 2.75) is 26.4 Å². The number of hydrogen-bond donors (Lipinski definition) is 1. The fourth-order valence-electron chi connectivity index (χ4n) is 1.86. The summed E-state index contributed by atoms with van der Waals surface area (Å²) >= 11 is 0. The summed E-state index contributed by atoms with van der Waals surface area (Å²) in [7, 11) is 1.68. The van der Waals surface area contributed by atoms with Gasteiger partial charge < -0.3 is 14.6 Å². The smallest absolute Gasteiger partial charge is 0.120 e. The second-order valence-corrected chi connectivity index (χ2v) is 4.16. The van der Waals surface area contributed by atoms with E-state index in [0.29, 0.717) is 0 Å². The van der Waals surface area contributed by atoms with Crippen LogP contribution in [0.25, 0.3) is 0 Å². The lowest BCUT2D eigenvalue weighted by Crippen LogP contribution is -2.06. The topological polar surface area (TPSA) is 39.1 Å². The summed E-state index contributed by atoms with van der Waals surface area (Å²) < 4.78 is 7.37. The molecule has 1 aromatic heterocycles. The van der Waals surface area contributed by atoms with Crippen LogP contribution in [-0.4, -0.2) is 16.7 Å². The van der Waals surface area contributed by atoms with Gasteiger partial charge in [-0.1, -0.05) is 13.0 Å². The molecular formula is C14H19N3O. The molecule has 0 aliphatic rings. The van der Waals surface area contributed by atoms with Crippen LogP contribution in [0.3, 0.4) is 0 Å². The van der Waals surface area contributed by atoms with E-state index in [1.807, 2.05) is 36.8 Å². The molecule has 0 saturated heterocycles. The molecule has 0 aliphatic heterocycles. The number of nitrogens with zero attached hydrogens (tertiary/aromatic N) is 2. The van der Waals surface area contributed by atoms with E-state index in [-0.39, 0.29) is 0 Å². The van der Waals surface area contributed by atoms with Gasteiger partial charge in [-0.15, -0.1) is 0 Å². The lowest BCUT2D eigenvalue weighted by atomic mass is 10.3. The second-order valence-electron chi connectivity index (χ2n) is 4.16. The summed E-state index contributed by atoms with van der Waals surface area (Å²) in [6.07, 6.45) is 4.90. The van der Waals surface area contributed by atoms with Crippen LogP contribution >= 0.6 is 0 Å². The molecule has 1 aromatic carbocycles. The minimum atomic E-state index is 0.771. The van der Waals surface area contributed by atoms with Gasteiger partial charge in [0.15, 0.2) is 0 Å². The SMILES string of the molecule is CCCn1cncc1CNc1cccc(OC)c1. The molecule has 4 nitrogen and oxygen atoms in total. The molecule has 0 spiro atoms. The highest BCUT2D eigenvalue weighted by molar-refractivity contribution is 5.48. The van der Waals surface area contributed by atoms with Gasteiger partial charge in [0.2, 0.25) is 0 Å². The van der Waals surface area contributed by atoms with Crippen molar-refractivity contribution in [3.8, 4) is 5.75 Å². The second kappa shape index (κ2) is 6.10. The third-order valence-electron chi connectivity index (χ3n) is 2.81.